The Morgan fingerprint density at radius 3 is 2.57 bits per heavy atom. The Morgan fingerprint density at radius 2 is 1.86 bits per heavy atom. The molecule has 0 atom stereocenters. The van der Waals surface area contributed by atoms with Crippen LogP contribution in [0.25, 0.3) is 5.65 Å². The summed E-state index contributed by atoms with van der Waals surface area (Å²) in [4.78, 5) is 4.11. The van der Waals surface area contributed by atoms with Crippen LogP contribution in [0.2, 0.25) is 0 Å². The van der Waals surface area contributed by atoms with Crippen LogP contribution in [0.5, 0.6) is 0 Å². The standard InChI is InChI=1S/C14H11F3N4/c15-14(16,17)11-8-12(20-13-6-7-19-21(11)13)18-9-10-4-2-1-3-5-10/h1-8H,9H2,(H,18,20). The van der Waals surface area contributed by atoms with Crippen molar-refractivity contribution >= 4 is 11.5 Å². The van der Waals surface area contributed by atoms with E-state index in [2.05, 4.69) is 15.4 Å². The number of aromatic nitrogens is 3. The van der Waals surface area contributed by atoms with E-state index in [0.29, 0.717) is 6.54 Å². The van der Waals surface area contributed by atoms with Gasteiger partial charge in [0.15, 0.2) is 11.3 Å². The molecule has 0 amide bonds. The van der Waals surface area contributed by atoms with E-state index in [9.17, 15) is 13.2 Å². The summed E-state index contributed by atoms with van der Waals surface area (Å²) in [6, 6.07) is 11.8. The van der Waals surface area contributed by atoms with Crippen LogP contribution in [0, 0.1) is 0 Å². The number of alkyl halides is 3. The molecular formula is C14H11F3N4. The van der Waals surface area contributed by atoms with Gasteiger partial charge in [0.05, 0.1) is 6.20 Å². The molecule has 2 aromatic heterocycles. The highest BCUT2D eigenvalue weighted by Crippen LogP contribution is 2.30. The zero-order chi connectivity index (χ0) is 14.9. The fourth-order valence-corrected chi connectivity index (χ4v) is 1.99. The predicted molar refractivity (Wildman–Crippen MR) is 71.8 cm³/mol. The normalized spacial score (nSPS) is 11.8. The van der Waals surface area contributed by atoms with Gasteiger partial charge in [0.2, 0.25) is 0 Å². The van der Waals surface area contributed by atoms with Gasteiger partial charge in [-0.25, -0.2) is 9.50 Å². The van der Waals surface area contributed by atoms with E-state index in [-0.39, 0.29) is 11.5 Å². The number of nitrogens with zero attached hydrogens (tertiary/aromatic N) is 3. The van der Waals surface area contributed by atoms with Crippen LogP contribution in [-0.4, -0.2) is 14.6 Å². The van der Waals surface area contributed by atoms with Crippen LogP contribution in [0.1, 0.15) is 11.3 Å². The van der Waals surface area contributed by atoms with Crippen LogP contribution in [0.3, 0.4) is 0 Å². The van der Waals surface area contributed by atoms with Crippen molar-refractivity contribution in [3.8, 4) is 0 Å². The number of rotatable bonds is 3. The third-order valence-electron chi connectivity index (χ3n) is 2.97. The first kappa shape index (κ1) is 13.4. The molecule has 3 rings (SSSR count). The lowest BCUT2D eigenvalue weighted by molar-refractivity contribution is -0.142. The van der Waals surface area contributed by atoms with Crippen molar-refractivity contribution in [3.63, 3.8) is 0 Å². The smallest absolute Gasteiger partial charge is 0.366 e. The predicted octanol–water partition coefficient (Wildman–Crippen LogP) is 3.36. The number of nitrogens with one attached hydrogen (secondary N) is 1. The molecular weight excluding hydrogens is 281 g/mol. The molecule has 21 heavy (non-hydrogen) atoms. The zero-order valence-corrected chi connectivity index (χ0v) is 10.8. The Balaban J connectivity index is 1.92. The highest BCUT2D eigenvalue weighted by atomic mass is 19.4. The van der Waals surface area contributed by atoms with E-state index in [1.54, 1.807) is 0 Å². The molecule has 0 spiro atoms. The van der Waals surface area contributed by atoms with Gasteiger partial charge in [-0.3, -0.25) is 0 Å². The molecule has 2 heterocycles. The Kier molecular flexibility index (Phi) is 3.25. The molecule has 0 unspecified atom stereocenters. The summed E-state index contributed by atoms with van der Waals surface area (Å²) in [5, 5.41) is 6.55. The first-order valence-corrected chi connectivity index (χ1v) is 6.24. The monoisotopic (exact) mass is 292 g/mol. The van der Waals surface area contributed by atoms with Crippen molar-refractivity contribution in [1.82, 2.24) is 14.6 Å². The second-order valence-corrected chi connectivity index (χ2v) is 4.46. The number of anilines is 1. The molecule has 1 aromatic carbocycles. The average Bonchev–Trinajstić information content (AvgIpc) is 2.92. The van der Waals surface area contributed by atoms with Crippen LogP contribution < -0.4 is 5.32 Å². The van der Waals surface area contributed by atoms with E-state index in [1.165, 1.54) is 12.3 Å². The molecule has 0 saturated heterocycles. The molecule has 1 N–H and O–H groups in total. The Morgan fingerprint density at radius 1 is 1.10 bits per heavy atom. The van der Waals surface area contributed by atoms with Crippen molar-refractivity contribution in [2.75, 3.05) is 5.32 Å². The maximum Gasteiger partial charge on any atom is 0.433 e. The van der Waals surface area contributed by atoms with Crippen molar-refractivity contribution < 1.29 is 13.2 Å². The maximum atomic E-state index is 13.0. The Bertz CT molecular complexity index is 750. The number of hydrogen-bond acceptors (Lipinski definition) is 3. The van der Waals surface area contributed by atoms with Gasteiger partial charge in [-0.1, -0.05) is 30.3 Å². The van der Waals surface area contributed by atoms with Gasteiger partial charge in [-0.2, -0.15) is 18.3 Å². The second kappa shape index (κ2) is 5.08. The minimum absolute atomic E-state index is 0.153. The second-order valence-electron chi connectivity index (χ2n) is 4.46. The lowest BCUT2D eigenvalue weighted by atomic mass is 10.2. The summed E-state index contributed by atoms with van der Waals surface area (Å²) in [5.41, 5.74) is 0.259. The van der Waals surface area contributed by atoms with Crippen LogP contribution >= 0.6 is 0 Å². The minimum Gasteiger partial charge on any atom is -0.366 e. The van der Waals surface area contributed by atoms with Crippen molar-refractivity contribution in [3.05, 3.63) is 59.9 Å². The SMILES string of the molecule is FC(F)(F)c1cc(NCc2ccccc2)nc2ccnn12. The molecule has 4 nitrogen and oxygen atoms in total. The van der Waals surface area contributed by atoms with E-state index >= 15 is 0 Å². The van der Waals surface area contributed by atoms with Crippen molar-refractivity contribution in [1.29, 1.82) is 0 Å². The van der Waals surface area contributed by atoms with E-state index in [1.807, 2.05) is 30.3 Å². The van der Waals surface area contributed by atoms with Gasteiger partial charge < -0.3 is 5.32 Å². The van der Waals surface area contributed by atoms with Gasteiger partial charge in [0.1, 0.15) is 5.82 Å². The summed E-state index contributed by atoms with van der Waals surface area (Å²) in [6.07, 6.45) is -3.20. The number of hydrogen-bond donors (Lipinski definition) is 1. The maximum absolute atomic E-state index is 13.0. The third kappa shape index (κ3) is 2.81. The van der Waals surface area contributed by atoms with Gasteiger partial charge in [0.25, 0.3) is 0 Å². The van der Waals surface area contributed by atoms with E-state index in [4.69, 9.17) is 0 Å². The molecule has 7 heteroatoms. The lowest BCUT2D eigenvalue weighted by Crippen LogP contribution is -2.14. The van der Waals surface area contributed by atoms with E-state index < -0.39 is 11.9 Å². The van der Waals surface area contributed by atoms with Crippen molar-refractivity contribution in [2.24, 2.45) is 0 Å². The van der Waals surface area contributed by atoms with Gasteiger partial charge in [-0.15, -0.1) is 0 Å². The summed E-state index contributed by atoms with van der Waals surface area (Å²) in [6.45, 7) is 0.398. The van der Waals surface area contributed by atoms with Gasteiger partial charge >= 0.3 is 6.18 Å². The molecule has 0 saturated carbocycles. The number of benzene rings is 1. The molecule has 0 radical (unpaired) electrons. The first-order chi connectivity index (χ1) is 10.0. The molecule has 0 bridgehead atoms. The van der Waals surface area contributed by atoms with E-state index in [0.717, 1.165) is 16.1 Å². The quantitative estimate of drug-likeness (QED) is 0.805. The highest BCUT2D eigenvalue weighted by molar-refractivity contribution is 5.49. The van der Waals surface area contributed by atoms with Crippen molar-refractivity contribution in [2.45, 2.75) is 12.7 Å². The summed E-state index contributed by atoms with van der Waals surface area (Å²) < 4.78 is 39.9. The third-order valence-corrected chi connectivity index (χ3v) is 2.97. The minimum atomic E-state index is -4.49. The summed E-state index contributed by atoms with van der Waals surface area (Å²) in [7, 11) is 0. The molecule has 0 aliphatic rings. The molecule has 0 aliphatic heterocycles. The Labute approximate surface area is 118 Å². The van der Waals surface area contributed by atoms with Gasteiger partial charge in [0, 0.05) is 18.7 Å². The molecule has 3 aromatic rings. The fraction of sp³-hybridized carbons (Fsp3) is 0.143. The molecule has 0 aliphatic carbocycles. The summed E-state index contributed by atoms with van der Waals surface area (Å²) in [5.74, 6) is 0.166. The fourth-order valence-electron chi connectivity index (χ4n) is 1.99. The summed E-state index contributed by atoms with van der Waals surface area (Å²) >= 11 is 0. The van der Waals surface area contributed by atoms with Gasteiger partial charge in [-0.05, 0) is 5.56 Å². The molecule has 108 valence electrons. The number of halogens is 3. The zero-order valence-electron chi connectivity index (χ0n) is 10.8. The average molecular weight is 292 g/mol. The lowest BCUT2D eigenvalue weighted by Gasteiger charge is -2.12. The highest BCUT2D eigenvalue weighted by Gasteiger charge is 2.34. The largest absolute Gasteiger partial charge is 0.433 e. The topological polar surface area (TPSA) is 42.2 Å². The van der Waals surface area contributed by atoms with Crippen LogP contribution in [0.15, 0.2) is 48.7 Å². The Hall–Kier alpha value is -2.57. The molecule has 0 fully saturated rings. The van der Waals surface area contributed by atoms with Crippen LogP contribution in [-0.2, 0) is 12.7 Å². The van der Waals surface area contributed by atoms with Crippen LogP contribution in [0.4, 0.5) is 19.0 Å². The first-order valence-electron chi connectivity index (χ1n) is 6.24. The number of fused-ring (bicyclic) bond motifs is 1.